The van der Waals surface area contributed by atoms with E-state index in [9.17, 15) is 0 Å². The molecule has 1 rings (SSSR count). The lowest BCUT2D eigenvalue weighted by molar-refractivity contribution is 0.411. The molecule has 1 aromatic rings. The number of benzene rings is 1. The van der Waals surface area contributed by atoms with E-state index in [0.717, 1.165) is 11.3 Å². The van der Waals surface area contributed by atoms with Gasteiger partial charge in [0.05, 0.1) is 7.11 Å². The number of ether oxygens (including phenoxy) is 1. The van der Waals surface area contributed by atoms with E-state index in [-0.39, 0.29) is 0 Å². The van der Waals surface area contributed by atoms with E-state index in [0.29, 0.717) is 6.42 Å². The zero-order chi connectivity index (χ0) is 8.81. The van der Waals surface area contributed by atoms with Crippen molar-refractivity contribution in [2.75, 3.05) is 7.11 Å². The Kier molecular flexibility index (Phi) is 3.14. The van der Waals surface area contributed by atoms with Gasteiger partial charge in [-0.3, -0.25) is 0 Å². The summed E-state index contributed by atoms with van der Waals surface area (Å²) >= 11 is 0. The largest absolute Gasteiger partial charge is 0.496 e. The Morgan fingerprint density at radius 3 is 2.92 bits per heavy atom. The summed E-state index contributed by atoms with van der Waals surface area (Å²) in [5.74, 6) is 5.87. The van der Waals surface area contributed by atoms with E-state index >= 15 is 0 Å². The van der Waals surface area contributed by atoms with Gasteiger partial charge in [0, 0.05) is 12.6 Å². The van der Waals surface area contributed by atoms with Gasteiger partial charge in [-0.25, -0.2) is 0 Å². The first kappa shape index (κ1) is 8.59. The van der Waals surface area contributed by atoms with Crippen LogP contribution in [0, 0.1) is 0 Å². The molecule has 0 spiro atoms. The van der Waals surface area contributed by atoms with E-state index in [1.165, 1.54) is 0 Å². The maximum Gasteiger partial charge on any atom is 0.122 e. The SMILES string of the molecule is COc1ccccc1C/C=N/N. The number of methoxy groups -OCH3 is 1. The molecule has 0 unspecified atom stereocenters. The smallest absolute Gasteiger partial charge is 0.122 e. The van der Waals surface area contributed by atoms with Crippen molar-refractivity contribution in [2.45, 2.75) is 6.42 Å². The van der Waals surface area contributed by atoms with Gasteiger partial charge in [0.15, 0.2) is 0 Å². The number of para-hydroxylation sites is 1. The van der Waals surface area contributed by atoms with Crippen molar-refractivity contribution >= 4 is 6.21 Å². The average Bonchev–Trinajstić information content (AvgIpc) is 2.15. The number of hydrazone groups is 1. The maximum atomic E-state index is 5.14. The molecule has 0 aliphatic carbocycles. The molecule has 0 heterocycles. The average molecular weight is 164 g/mol. The standard InChI is InChI=1S/C9H12N2O/c1-12-9-5-3-2-4-8(9)6-7-11-10/h2-5,7H,6,10H2,1H3/b11-7+. The van der Waals surface area contributed by atoms with Crippen LogP contribution in [0.2, 0.25) is 0 Å². The van der Waals surface area contributed by atoms with E-state index in [1.54, 1.807) is 13.3 Å². The third kappa shape index (κ3) is 1.99. The highest BCUT2D eigenvalue weighted by molar-refractivity contribution is 5.62. The van der Waals surface area contributed by atoms with Crippen LogP contribution < -0.4 is 10.6 Å². The molecular weight excluding hydrogens is 152 g/mol. The Labute approximate surface area is 71.8 Å². The third-order valence-electron chi connectivity index (χ3n) is 1.61. The Hall–Kier alpha value is -1.51. The second kappa shape index (κ2) is 4.38. The molecule has 3 nitrogen and oxygen atoms in total. The minimum Gasteiger partial charge on any atom is -0.496 e. The Balaban J connectivity index is 2.81. The quantitative estimate of drug-likeness (QED) is 0.414. The van der Waals surface area contributed by atoms with Gasteiger partial charge < -0.3 is 10.6 Å². The normalized spacial score (nSPS) is 10.4. The van der Waals surface area contributed by atoms with Gasteiger partial charge in [0.1, 0.15) is 5.75 Å². The van der Waals surface area contributed by atoms with Crippen LogP contribution in [0.4, 0.5) is 0 Å². The molecular formula is C9H12N2O. The molecule has 0 aliphatic rings. The van der Waals surface area contributed by atoms with Crippen molar-refractivity contribution in [3.8, 4) is 5.75 Å². The fraction of sp³-hybridized carbons (Fsp3) is 0.222. The Bertz CT molecular complexity index is 271. The molecule has 1 aromatic carbocycles. The molecule has 0 radical (unpaired) electrons. The molecule has 12 heavy (non-hydrogen) atoms. The van der Waals surface area contributed by atoms with Crippen molar-refractivity contribution in [1.82, 2.24) is 0 Å². The maximum absolute atomic E-state index is 5.14. The summed E-state index contributed by atoms with van der Waals surface area (Å²) < 4.78 is 5.14. The van der Waals surface area contributed by atoms with Crippen molar-refractivity contribution in [1.29, 1.82) is 0 Å². The number of nitrogens with zero attached hydrogens (tertiary/aromatic N) is 1. The van der Waals surface area contributed by atoms with Gasteiger partial charge in [-0.15, -0.1) is 0 Å². The number of nitrogens with two attached hydrogens (primary N) is 1. The van der Waals surface area contributed by atoms with Crippen molar-refractivity contribution in [3.05, 3.63) is 29.8 Å². The summed E-state index contributed by atoms with van der Waals surface area (Å²) in [5, 5.41) is 3.43. The molecule has 0 saturated heterocycles. The summed E-state index contributed by atoms with van der Waals surface area (Å²) in [7, 11) is 1.65. The van der Waals surface area contributed by atoms with E-state index in [4.69, 9.17) is 10.6 Å². The molecule has 0 aliphatic heterocycles. The lowest BCUT2D eigenvalue weighted by atomic mass is 10.1. The summed E-state index contributed by atoms with van der Waals surface area (Å²) in [5.41, 5.74) is 1.09. The molecule has 3 heteroatoms. The molecule has 0 amide bonds. The zero-order valence-electron chi connectivity index (χ0n) is 7.03. The van der Waals surface area contributed by atoms with Gasteiger partial charge in [-0.05, 0) is 11.6 Å². The third-order valence-corrected chi connectivity index (χ3v) is 1.61. The van der Waals surface area contributed by atoms with Crippen LogP contribution in [0.5, 0.6) is 5.75 Å². The number of hydrogen-bond acceptors (Lipinski definition) is 3. The first-order valence-corrected chi connectivity index (χ1v) is 3.72. The van der Waals surface area contributed by atoms with Crippen LogP contribution in [0.15, 0.2) is 29.4 Å². The van der Waals surface area contributed by atoms with Crippen LogP contribution in [0.3, 0.4) is 0 Å². The van der Waals surface area contributed by atoms with Gasteiger partial charge >= 0.3 is 0 Å². The highest BCUT2D eigenvalue weighted by Crippen LogP contribution is 2.16. The van der Waals surface area contributed by atoms with Crippen molar-refractivity contribution in [2.24, 2.45) is 10.9 Å². The molecule has 0 saturated carbocycles. The van der Waals surface area contributed by atoms with Crippen LogP contribution in [0.25, 0.3) is 0 Å². The zero-order valence-corrected chi connectivity index (χ0v) is 7.03. The van der Waals surface area contributed by atoms with Gasteiger partial charge in [0.25, 0.3) is 0 Å². The fourth-order valence-corrected chi connectivity index (χ4v) is 1.02. The summed E-state index contributed by atoms with van der Waals surface area (Å²) in [6.07, 6.45) is 2.36. The highest BCUT2D eigenvalue weighted by atomic mass is 16.5. The van der Waals surface area contributed by atoms with E-state index in [2.05, 4.69) is 5.10 Å². The first-order chi connectivity index (χ1) is 5.88. The molecule has 0 aromatic heterocycles. The molecule has 2 N–H and O–H groups in total. The van der Waals surface area contributed by atoms with Crippen LogP contribution in [-0.4, -0.2) is 13.3 Å². The minimum atomic E-state index is 0.709. The van der Waals surface area contributed by atoms with Crippen molar-refractivity contribution < 1.29 is 4.74 Å². The highest BCUT2D eigenvalue weighted by Gasteiger charge is 1.97. The number of rotatable bonds is 3. The van der Waals surface area contributed by atoms with Crippen molar-refractivity contribution in [3.63, 3.8) is 0 Å². The summed E-state index contributed by atoms with van der Waals surface area (Å²) in [6, 6.07) is 7.80. The van der Waals surface area contributed by atoms with Gasteiger partial charge in [-0.2, -0.15) is 5.10 Å². The topological polar surface area (TPSA) is 47.6 Å². The molecule has 64 valence electrons. The van der Waals surface area contributed by atoms with Gasteiger partial charge in [-0.1, -0.05) is 18.2 Å². The van der Waals surface area contributed by atoms with E-state index in [1.807, 2.05) is 24.3 Å². The second-order valence-electron chi connectivity index (χ2n) is 2.35. The van der Waals surface area contributed by atoms with E-state index < -0.39 is 0 Å². The molecule has 0 fully saturated rings. The fourth-order valence-electron chi connectivity index (χ4n) is 1.02. The molecule has 0 bridgehead atoms. The lowest BCUT2D eigenvalue weighted by Crippen LogP contribution is -1.93. The predicted molar refractivity (Wildman–Crippen MR) is 49.4 cm³/mol. The van der Waals surface area contributed by atoms with Crippen LogP contribution in [-0.2, 0) is 6.42 Å². The summed E-state index contributed by atoms with van der Waals surface area (Å²) in [4.78, 5) is 0. The minimum absolute atomic E-state index is 0.709. The lowest BCUT2D eigenvalue weighted by Gasteiger charge is -2.04. The second-order valence-corrected chi connectivity index (χ2v) is 2.35. The Morgan fingerprint density at radius 2 is 2.25 bits per heavy atom. The first-order valence-electron chi connectivity index (χ1n) is 3.72. The van der Waals surface area contributed by atoms with Crippen LogP contribution in [0.1, 0.15) is 5.56 Å². The molecule has 0 atom stereocenters. The summed E-state index contributed by atoms with van der Waals surface area (Å²) in [6.45, 7) is 0. The number of hydrogen-bond donors (Lipinski definition) is 1. The van der Waals surface area contributed by atoms with Gasteiger partial charge in [0.2, 0.25) is 0 Å². The predicted octanol–water partition coefficient (Wildman–Crippen LogP) is 1.18. The van der Waals surface area contributed by atoms with Crippen LogP contribution >= 0.6 is 0 Å². The Morgan fingerprint density at radius 1 is 1.50 bits per heavy atom. The monoisotopic (exact) mass is 164 g/mol.